The summed E-state index contributed by atoms with van der Waals surface area (Å²) in [6.07, 6.45) is 0.790. The summed E-state index contributed by atoms with van der Waals surface area (Å²) in [7, 11) is 1.60. The van der Waals surface area contributed by atoms with Crippen LogP contribution in [0.5, 0.6) is 0 Å². The summed E-state index contributed by atoms with van der Waals surface area (Å²) in [5.74, 6) is 0. The number of rotatable bonds is 1. The maximum Gasteiger partial charge on any atom is 0.289 e. The molecule has 0 aliphatic carbocycles. The van der Waals surface area contributed by atoms with Gasteiger partial charge >= 0.3 is 0 Å². The highest BCUT2D eigenvalue weighted by molar-refractivity contribution is 5.35. The molecular weight excluding hydrogens is 142 g/mol. The van der Waals surface area contributed by atoms with Gasteiger partial charge in [0.2, 0.25) is 0 Å². The van der Waals surface area contributed by atoms with E-state index >= 15 is 0 Å². The molecule has 4 heteroatoms. The normalized spacial score (nSPS) is 10.0. The fourth-order valence-corrected chi connectivity index (χ4v) is 0.868. The van der Waals surface area contributed by atoms with Crippen molar-refractivity contribution in [2.24, 2.45) is 7.05 Å². The van der Waals surface area contributed by atoms with E-state index in [0.29, 0.717) is 0 Å². The first-order chi connectivity index (χ1) is 5.15. The third-order valence-corrected chi connectivity index (χ3v) is 1.50. The molecule has 0 saturated heterocycles. The summed E-state index contributed by atoms with van der Waals surface area (Å²) in [4.78, 5) is 11.0. The Labute approximate surface area is 64.6 Å². The second-order valence-electron chi connectivity index (χ2n) is 2.37. The Morgan fingerprint density at radius 2 is 2.36 bits per heavy atom. The molecule has 0 aromatic carbocycles. The van der Waals surface area contributed by atoms with Crippen molar-refractivity contribution < 1.29 is 0 Å². The number of anilines is 1. The van der Waals surface area contributed by atoms with Crippen molar-refractivity contribution >= 4 is 5.69 Å². The van der Waals surface area contributed by atoms with Crippen molar-refractivity contribution in [2.45, 2.75) is 13.3 Å². The van der Waals surface area contributed by atoms with E-state index in [0.717, 1.165) is 12.1 Å². The third kappa shape index (κ3) is 1.39. The van der Waals surface area contributed by atoms with E-state index in [4.69, 9.17) is 5.73 Å². The molecule has 0 radical (unpaired) electrons. The van der Waals surface area contributed by atoms with Crippen molar-refractivity contribution in [1.29, 1.82) is 0 Å². The third-order valence-electron chi connectivity index (χ3n) is 1.50. The van der Waals surface area contributed by atoms with Gasteiger partial charge in [0.15, 0.2) is 0 Å². The van der Waals surface area contributed by atoms with Crippen LogP contribution in [0.1, 0.15) is 12.6 Å². The Bertz CT molecular complexity index is 290. The van der Waals surface area contributed by atoms with Gasteiger partial charge in [-0.2, -0.15) is 5.10 Å². The van der Waals surface area contributed by atoms with Gasteiger partial charge in [-0.15, -0.1) is 0 Å². The number of aryl methyl sites for hydroxylation is 2. The van der Waals surface area contributed by atoms with E-state index < -0.39 is 0 Å². The van der Waals surface area contributed by atoms with Gasteiger partial charge < -0.3 is 5.73 Å². The summed E-state index contributed by atoms with van der Waals surface area (Å²) in [6.45, 7) is 1.96. The van der Waals surface area contributed by atoms with Gasteiger partial charge in [-0.25, -0.2) is 4.68 Å². The van der Waals surface area contributed by atoms with Crippen molar-refractivity contribution in [1.82, 2.24) is 9.78 Å². The lowest BCUT2D eigenvalue weighted by Gasteiger charge is -2.00. The Hall–Kier alpha value is -1.32. The van der Waals surface area contributed by atoms with Gasteiger partial charge in [-0.05, 0) is 12.5 Å². The molecular formula is C7H11N3O. The molecule has 0 aliphatic heterocycles. The molecule has 60 valence electrons. The summed E-state index contributed by atoms with van der Waals surface area (Å²) in [6, 6.07) is 1.61. The molecule has 4 nitrogen and oxygen atoms in total. The number of hydrogen-bond acceptors (Lipinski definition) is 3. The fraction of sp³-hybridized carbons (Fsp3) is 0.429. The van der Waals surface area contributed by atoms with Gasteiger partial charge in [-0.3, -0.25) is 4.79 Å². The highest BCUT2D eigenvalue weighted by atomic mass is 16.1. The van der Waals surface area contributed by atoms with Crippen LogP contribution in [0.2, 0.25) is 0 Å². The standard InChI is InChI=1S/C7H11N3O/c1-3-5-4-6(8)7(11)10(2)9-5/h4H,3,8H2,1-2H3. The minimum absolute atomic E-state index is 0.234. The van der Waals surface area contributed by atoms with Crippen LogP contribution < -0.4 is 11.3 Å². The van der Waals surface area contributed by atoms with Gasteiger partial charge in [-0.1, -0.05) is 6.92 Å². The maximum absolute atomic E-state index is 11.0. The van der Waals surface area contributed by atoms with E-state index in [-0.39, 0.29) is 11.2 Å². The quantitative estimate of drug-likeness (QED) is 0.614. The molecule has 1 aromatic heterocycles. The molecule has 1 heterocycles. The van der Waals surface area contributed by atoms with E-state index in [1.54, 1.807) is 13.1 Å². The summed E-state index contributed by atoms with van der Waals surface area (Å²) >= 11 is 0. The molecule has 11 heavy (non-hydrogen) atoms. The van der Waals surface area contributed by atoms with Crippen LogP contribution >= 0.6 is 0 Å². The first-order valence-electron chi connectivity index (χ1n) is 3.48. The monoisotopic (exact) mass is 153 g/mol. The minimum atomic E-state index is -0.234. The molecule has 0 bridgehead atoms. The number of nitrogen functional groups attached to an aromatic ring is 1. The van der Waals surface area contributed by atoms with Crippen LogP contribution in [-0.2, 0) is 13.5 Å². The molecule has 0 spiro atoms. The van der Waals surface area contributed by atoms with Crippen LogP contribution in [0.15, 0.2) is 10.9 Å². The van der Waals surface area contributed by atoms with Gasteiger partial charge in [0.25, 0.3) is 5.56 Å². The Morgan fingerprint density at radius 1 is 1.73 bits per heavy atom. The SMILES string of the molecule is CCc1cc(N)c(=O)n(C)n1. The second-order valence-corrected chi connectivity index (χ2v) is 2.37. The fourth-order valence-electron chi connectivity index (χ4n) is 0.868. The summed E-state index contributed by atoms with van der Waals surface area (Å²) in [5, 5.41) is 3.98. The van der Waals surface area contributed by atoms with E-state index in [9.17, 15) is 4.79 Å². The first-order valence-corrected chi connectivity index (χ1v) is 3.48. The number of nitrogens with two attached hydrogens (primary N) is 1. The van der Waals surface area contributed by atoms with E-state index in [1.165, 1.54) is 4.68 Å². The zero-order valence-electron chi connectivity index (χ0n) is 6.66. The smallest absolute Gasteiger partial charge is 0.289 e. The highest BCUT2D eigenvalue weighted by Crippen LogP contribution is 1.96. The van der Waals surface area contributed by atoms with Crippen LogP contribution in [0, 0.1) is 0 Å². The van der Waals surface area contributed by atoms with Gasteiger partial charge in [0.05, 0.1) is 5.69 Å². The lowest BCUT2D eigenvalue weighted by Crippen LogP contribution is -2.23. The summed E-state index contributed by atoms with van der Waals surface area (Å²) < 4.78 is 1.26. The lowest BCUT2D eigenvalue weighted by molar-refractivity contribution is 0.684. The Kier molecular flexibility index (Phi) is 1.94. The topological polar surface area (TPSA) is 60.9 Å². The molecule has 1 rings (SSSR count). The maximum atomic E-state index is 11.0. The summed E-state index contributed by atoms with van der Waals surface area (Å²) in [5.41, 5.74) is 6.29. The molecule has 1 aromatic rings. The van der Waals surface area contributed by atoms with Crippen molar-refractivity contribution in [3.05, 3.63) is 22.1 Å². The lowest BCUT2D eigenvalue weighted by atomic mass is 10.3. The zero-order chi connectivity index (χ0) is 8.43. The molecule has 0 amide bonds. The van der Waals surface area contributed by atoms with Gasteiger partial charge in [0.1, 0.15) is 5.69 Å². The number of nitrogens with zero attached hydrogens (tertiary/aromatic N) is 2. The molecule has 0 saturated carbocycles. The number of aromatic nitrogens is 2. The molecule has 0 atom stereocenters. The van der Waals surface area contributed by atoms with Crippen LogP contribution in [0.3, 0.4) is 0 Å². The number of hydrogen-bond donors (Lipinski definition) is 1. The van der Waals surface area contributed by atoms with Crippen LogP contribution in [0.25, 0.3) is 0 Å². The predicted molar refractivity (Wildman–Crippen MR) is 43.3 cm³/mol. The largest absolute Gasteiger partial charge is 0.394 e. The average Bonchev–Trinajstić information content (AvgIpc) is 1.99. The molecule has 2 N–H and O–H groups in total. The van der Waals surface area contributed by atoms with Crippen molar-refractivity contribution in [2.75, 3.05) is 5.73 Å². The zero-order valence-corrected chi connectivity index (χ0v) is 6.66. The van der Waals surface area contributed by atoms with E-state index in [1.807, 2.05) is 6.92 Å². The van der Waals surface area contributed by atoms with E-state index in [2.05, 4.69) is 5.10 Å². The van der Waals surface area contributed by atoms with Crippen LogP contribution in [-0.4, -0.2) is 9.78 Å². The Morgan fingerprint density at radius 3 is 2.82 bits per heavy atom. The Balaban J connectivity index is 3.32. The molecule has 0 aliphatic rings. The predicted octanol–water partition coefficient (Wildman–Crippen LogP) is -0.0751. The van der Waals surface area contributed by atoms with Crippen molar-refractivity contribution in [3.8, 4) is 0 Å². The van der Waals surface area contributed by atoms with Gasteiger partial charge in [0, 0.05) is 7.05 Å². The average molecular weight is 153 g/mol. The van der Waals surface area contributed by atoms with Crippen molar-refractivity contribution in [3.63, 3.8) is 0 Å². The van der Waals surface area contributed by atoms with Crippen LogP contribution in [0.4, 0.5) is 5.69 Å². The highest BCUT2D eigenvalue weighted by Gasteiger charge is 1.99. The molecule has 0 unspecified atom stereocenters. The minimum Gasteiger partial charge on any atom is -0.394 e. The molecule has 0 fully saturated rings. The second kappa shape index (κ2) is 2.74. The first kappa shape index (κ1) is 7.78.